The average molecular weight is 549 g/mol. The third kappa shape index (κ3) is 7.73. The van der Waals surface area contributed by atoms with Crippen molar-refractivity contribution in [2.75, 3.05) is 25.1 Å². The van der Waals surface area contributed by atoms with Gasteiger partial charge in [0.25, 0.3) is 0 Å². The third-order valence-corrected chi connectivity index (χ3v) is 9.18. The molecule has 1 aromatic carbocycles. The molecule has 0 radical (unpaired) electrons. The monoisotopic (exact) mass is 548 g/mol. The van der Waals surface area contributed by atoms with Gasteiger partial charge in [0.1, 0.15) is 11.6 Å². The van der Waals surface area contributed by atoms with Crippen LogP contribution in [0.25, 0.3) is 0 Å². The second kappa shape index (κ2) is 13.0. The lowest BCUT2D eigenvalue weighted by Crippen LogP contribution is -2.40. The van der Waals surface area contributed by atoms with Gasteiger partial charge in [-0.15, -0.1) is 10.2 Å². The second-order valence-electron chi connectivity index (χ2n) is 11.0. The summed E-state index contributed by atoms with van der Waals surface area (Å²) in [6.07, 6.45) is 12.9. The summed E-state index contributed by atoms with van der Waals surface area (Å²) in [6, 6.07) is 6.58. The highest BCUT2D eigenvalue weighted by molar-refractivity contribution is 7.99. The number of benzene rings is 1. The first-order valence-electron chi connectivity index (χ1n) is 14.1. The van der Waals surface area contributed by atoms with Crippen LogP contribution in [0.2, 0.25) is 0 Å². The minimum Gasteiger partial charge on any atom is -0.383 e. The van der Waals surface area contributed by atoms with E-state index in [1.165, 1.54) is 49.1 Å². The summed E-state index contributed by atoms with van der Waals surface area (Å²) in [5.74, 6) is 3.22. The van der Waals surface area contributed by atoms with Gasteiger partial charge in [0.15, 0.2) is 5.16 Å². The molecule has 1 fully saturated rings. The molecule has 2 aliphatic carbocycles. The van der Waals surface area contributed by atoms with Gasteiger partial charge >= 0.3 is 10.1 Å². The van der Waals surface area contributed by atoms with Crippen LogP contribution in [0, 0.1) is 0 Å². The number of thioether (sulfide) groups is 1. The number of fused-ring (bicyclic) bond motifs is 1. The first kappa shape index (κ1) is 28.4. The number of hydrogen-bond donors (Lipinski definition) is 0. The van der Waals surface area contributed by atoms with Crippen molar-refractivity contribution >= 4 is 21.9 Å². The molecular formula is C28H44N4O3S2. The lowest BCUT2D eigenvalue weighted by atomic mass is 9.87. The minimum absolute atomic E-state index is 0.380. The maximum absolute atomic E-state index is 11.6. The average Bonchev–Trinajstić information content (AvgIpc) is 3.29. The molecule has 0 N–H and O–H groups in total. The van der Waals surface area contributed by atoms with Crippen molar-refractivity contribution in [3.8, 4) is 5.75 Å². The molecule has 1 aromatic heterocycles. The molecule has 2 aromatic rings. The van der Waals surface area contributed by atoms with E-state index in [2.05, 4.69) is 40.4 Å². The molecule has 0 spiro atoms. The maximum atomic E-state index is 11.6. The van der Waals surface area contributed by atoms with Gasteiger partial charge in [-0.05, 0) is 95.1 Å². The number of aromatic nitrogens is 3. The summed E-state index contributed by atoms with van der Waals surface area (Å²) >= 11 is 1.85. The molecular weight excluding hydrogens is 504 g/mol. The van der Waals surface area contributed by atoms with E-state index < -0.39 is 10.1 Å². The van der Waals surface area contributed by atoms with Gasteiger partial charge in [-0.3, -0.25) is 0 Å². The smallest absolute Gasteiger partial charge is 0.306 e. The highest BCUT2D eigenvalue weighted by Crippen LogP contribution is 2.35. The van der Waals surface area contributed by atoms with Crippen molar-refractivity contribution in [3.63, 3.8) is 0 Å². The van der Waals surface area contributed by atoms with Crippen LogP contribution in [0.4, 0.5) is 0 Å². The van der Waals surface area contributed by atoms with Crippen LogP contribution in [-0.4, -0.2) is 59.2 Å². The molecule has 1 heterocycles. The quantitative estimate of drug-likeness (QED) is 0.183. The summed E-state index contributed by atoms with van der Waals surface area (Å²) in [4.78, 5) is 2.63. The predicted octanol–water partition coefficient (Wildman–Crippen LogP) is 6.00. The van der Waals surface area contributed by atoms with E-state index >= 15 is 0 Å². The second-order valence-corrected chi connectivity index (χ2v) is 13.6. The molecule has 4 rings (SSSR count). The standard InChI is InChI=1S/C28H44N4O3S2/c1-5-16-31(25-14-12-22-13-15-26(20-24(22)19-25)35-37(4,33)34)17-9-18-36-28-30-29-27(32(28)21(2)3)23-10-7-6-8-11-23/h13,15,20-21,23,25H,5-12,14,16-19H2,1-4H3. The molecule has 0 amide bonds. The van der Waals surface area contributed by atoms with Gasteiger partial charge in [0.2, 0.25) is 0 Å². The summed E-state index contributed by atoms with van der Waals surface area (Å²) < 4.78 is 30.7. The lowest BCUT2D eigenvalue weighted by molar-refractivity contribution is 0.180. The first-order valence-corrected chi connectivity index (χ1v) is 16.9. The van der Waals surface area contributed by atoms with E-state index in [0.29, 0.717) is 23.8 Å². The Morgan fingerprint density at radius 1 is 1.11 bits per heavy atom. The van der Waals surface area contributed by atoms with E-state index in [4.69, 9.17) is 4.18 Å². The van der Waals surface area contributed by atoms with E-state index in [1.54, 1.807) is 6.07 Å². The molecule has 1 unspecified atom stereocenters. The predicted molar refractivity (Wildman–Crippen MR) is 151 cm³/mol. The van der Waals surface area contributed by atoms with Crippen LogP contribution in [0.5, 0.6) is 5.75 Å². The SMILES string of the molecule is CCCN(CCCSc1nnc(C2CCCCC2)n1C(C)C)C1CCc2ccc(OS(C)(=O)=O)cc2C1. The van der Waals surface area contributed by atoms with Crippen molar-refractivity contribution in [1.29, 1.82) is 0 Å². The number of rotatable bonds is 12. The molecule has 1 saturated carbocycles. The van der Waals surface area contributed by atoms with Gasteiger partial charge in [0, 0.05) is 23.8 Å². The molecule has 7 nitrogen and oxygen atoms in total. The Bertz CT molecular complexity index is 1130. The zero-order valence-electron chi connectivity index (χ0n) is 23.0. The van der Waals surface area contributed by atoms with Gasteiger partial charge in [-0.2, -0.15) is 8.42 Å². The molecule has 206 valence electrons. The van der Waals surface area contributed by atoms with Crippen molar-refractivity contribution in [2.24, 2.45) is 0 Å². The maximum Gasteiger partial charge on any atom is 0.306 e. The first-order chi connectivity index (χ1) is 17.7. The molecule has 0 bridgehead atoms. The van der Waals surface area contributed by atoms with Crippen molar-refractivity contribution < 1.29 is 12.6 Å². The Labute approximate surface area is 227 Å². The Morgan fingerprint density at radius 3 is 2.59 bits per heavy atom. The van der Waals surface area contributed by atoms with Crippen molar-refractivity contribution in [2.45, 2.75) is 108 Å². The fourth-order valence-corrected chi connectivity index (χ4v) is 7.41. The number of aryl methyl sites for hydroxylation is 1. The zero-order valence-corrected chi connectivity index (χ0v) is 24.6. The third-order valence-electron chi connectivity index (χ3n) is 7.65. The summed E-state index contributed by atoms with van der Waals surface area (Å²) in [7, 11) is -3.52. The van der Waals surface area contributed by atoms with E-state index in [-0.39, 0.29) is 0 Å². The molecule has 0 aliphatic heterocycles. The molecule has 0 saturated heterocycles. The Balaban J connectivity index is 1.34. The van der Waals surface area contributed by atoms with Crippen LogP contribution >= 0.6 is 11.8 Å². The van der Waals surface area contributed by atoms with Crippen LogP contribution in [0.1, 0.15) is 101 Å². The number of nitrogens with zero attached hydrogens (tertiary/aromatic N) is 4. The topological polar surface area (TPSA) is 77.3 Å². The Hall–Kier alpha value is -1.58. The molecule has 1 atom stereocenters. The number of hydrogen-bond acceptors (Lipinski definition) is 7. The van der Waals surface area contributed by atoms with Crippen molar-refractivity contribution in [3.05, 3.63) is 35.2 Å². The minimum atomic E-state index is -3.52. The largest absolute Gasteiger partial charge is 0.383 e. The van der Waals surface area contributed by atoms with E-state index in [9.17, 15) is 8.42 Å². The normalized spacial score (nSPS) is 18.9. The van der Waals surface area contributed by atoms with Gasteiger partial charge in [0.05, 0.1) is 6.26 Å². The fraction of sp³-hybridized carbons (Fsp3) is 0.714. The Morgan fingerprint density at radius 2 is 1.89 bits per heavy atom. The molecule has 37 heavy (non-hydrogen) atoms. The summed E-state index contributed by atoms with van der Waals surface area (Å²) in [5, 5.41) is 10.4. The van der Waals surface area contributed by atoms with E-state index in [0.717, 1.165) is 62.4 Å². The highest BCUT2D eigenvalue weighted by atomic mass is 32.2. The van der Waals surface area contributed by atoms with Crippen LogP contribution in [0.15, 0.2) is 23.4 Å². The van der Waals surface area contributed by atoms with Crippen LogP contribution in [-0.2, 0) is 23.0 Å². The highest BCUT2D eigenvalue weighted by Gasteiger charge is 2.26. The molecule has 9 heteroatoms. The van der Waals surface area contributed by atoms with Crippen molar-refractivity contribution in [1.82, 2.24) is 19.7 Å². The summed E-state index contributed by atoms with van der Waals surface area (Å²) in [5.41, 5.74) is 2.53. The molecule has 2 aliphatic rings. The Kier molecular flexibility index (Phi) is 9.97. The fourth-order valence-electron chi connectivity index (χ4n) is 5.96. The summed E-state index contributed by atoms with van der Waals surface area (Å²) in [6.45, 7) is 8.88. The zero-order chi connectivity index (χ0) is 26.4. The van der Waals surface area contributed by atoms with Gasteiger partial charge < -0.3 is 13.7 Å². The van der Waals surface area contributed by atoms with E-state index in [1.807, 2.05) is 23.9 Å². The van der Waals surface area contributed by atoms with Crippen LogP contribution < -0.4 is 4.18 Å². The van der Waals surface area contributed by atoms with Gasteiger partial charge in [-0.25, -0.2) is 0 Å². The lowest BCUT2D eigenvalue weighted by Gasteiger charge is -2.35. The van der Waals surface area contributed by atoms with Gasteiger partial charge in [-0.1, -0.05) is 44.0 Å². The van der Waals surface area contributed by atoms with Crippen LogP contribution in [0.3, 0.4) is 0 Å².